The number of rotatable bonds is 5. The number of amidine groups is 1. The molecule has 0 atom stereocenters. The van der Waals surface area contributed by atoms with Crippen molar-refractivity contribution in [3.8, 4) is 5.75 Å². The summed E-state index contributed by atoms with van der Waals surface area (Å²) in [6.07, 6.45) is 4.14. The average Bonchev–Trinajstić information content (AvgIpc) is 2.96. The van der Waals surface area contributed by atoms with E-state index in [9.17, 15) is 9.18 Å². The van der Waals surface area contributed by atoms with E-state index in [-0.39, 0.29) is 35.1 Å². The zero-order chi connectivity index (χ0) is 18.4. The lowest BCUT2D eigenvalue weighted by atomic mass is 10.1. The van der Waals surface area contributed by atoms with E-state index in [2.05, 4.69) is 0 Å². The van der Waals surface area contributed by atoms with E-state index in [1.807, 2.05) is 29.2 Å². The Morgan fingerprint density at radius 1 is 1.07 bits per heavy atom. The third-order valence-electron chi connectivity index (χ3n) is 4.52. The molecule has 1 aliphatic heterocycles. The lowest BCUT2D eigenvalue weighted by molar-refractivity contribution is 0.100. The van der Waals surface area contributed by atoms with E-state index in [4.69, 9.17) is 9.73 Å². The summed E-state index contributed by atoms with van der Waals surface area (Å²) in [5.41, 5.74) is 1.40. The van der Waals surface area contributed by atoms with Crippen LogP contribution < -0.4 is 9.64 Å². The molecule has 2 aromatic rings. The second kappa shape index (κ2) is 10.2. The molecule has 0 saturated carbocycles. The first kappa shape index (κ1) is 21.1. The van der Waals surface area contributed by atoms with Gasteiger partial charge in [-0.25, -0.2) is 4.39 Å². The van der Waals surface area contributed by atoms with Crippen molar-refractivity contribution in [3.05, 3.63) is 59.9 Å². The summed E-state index contributed by atoms with van der Waals surface area (Å²) < 4.78 is 18.4. The number of anilines is 1. The number of aliphatic imine (C=N–C) groups is 1. The van der Waals surface area contributed by atoms with Gasteiger partial charge in [-0.05, 0) is 61.4 Å². The minimum Gasteiger partial charge on any atom is -0.497 e. The molecule has 4 nitrogen and oxygen atoms in total. The molecule has 0 unspecified atom stereocenters. The van der Waals surface area contributed by atoms with Crippen molar-refractivity contribution in [1.82, 2.24) is 0 Å². The molecule has 2 aromatic carbocycles. The number of methoxy groups -OCH3 is 1. The fraction of sp³-hybridized carbons (Fsp3) is 0.333. The highest BCUT2D eigenvalue weighted by Crippen LogP contribution is 2.23. The minimum absolute atomic E-state index is 0. The molecule has 1 heterocycles. The second-order valence-corrected chi connectivity index (χ2v) is 6.32. The molecule has 0 amide bonds. The van der Waals surface area contributed by atoms with Crippen molar-refractivity contribution in [2.24, 2.45) is 4.99 Å². The number of hydrogen-bond acceptors (Lipinski definition) is 4. The van der Waals surface area contributed by atoms with E-state index in [1.54, 1.807) is 7.11 Å². The maximum absolute atomic E-state index is 13.1. The van der Waals surface area contributed by atoms with E-state index in [0.717, 1.165) is 49.5 Å². The molecule has 0 aromatic heterocycles. The normalized spacial score (nSPS) is 13.8. The standard InChI is InChI=1S/C21H23FN2O2.BrH/c1-26-19-12-10-18(11-13-19)24(21-5-3-2-4-14-23-21)15-20(25)16-6-8-17(22)9-7-16;/h6-13H,2-5,14-15H2,1H3;1H. The van der Waals surface area contributed by atoms with Crippen molar-refractivity contribution in [1.29, 1.82) is 0 Å². The Kier molecular flexibility index (Phi) is 7.98. The molecule has 6 heteroatoms. The maximum Gasteiger partial charge on any atom is 0.182 e. The summed E-state index contributed by atoms with van der Waals surface area (Å²) >= 11 is 0. The Labute approximate surface area is 169 Å². The fourth-order valence-corrected chi connectivity index (χ4v) is 3.04. The van der Waals surface area contributed by atoms with Gasteiger partial charge in [0.15, 0.2) is 5.78 Å². The number of nitrogens with zero attached hydrogens (tertiary/aromatic N) is 2. The first-order valence-corrected chi connectivity index (χ1v) is 8.91. The zero-order valence-corrected chi connectivity index (χ0v) is 17.1. The van der Waals surface area contributed by atoms with Gasteiger partial charge in [-0.2, -0.15) is 0 Å². The molecule has 0 N–H and O–H groups in total. The van der Waals surface area contributed by atoms with Crippen LogP contribution in [0.2, 0.25) is 0 Å². The smallest absolute Gasteiger partial charge is 0.182 e. The van der Waals surface area contributed by atoms with E-state index in [1.165, 1.54) is 24.3 Å². The highest BCUT2D eigenvalue weighted by atomic mass is 79.9. The molecule has 27 heavy (non-hydrogen) atoms. The molecule has 3 rings (SSSR count). The molecule has 144 valence electrons. The van der Waals surface area contributed by atoms with Crippen LogP contribution in [0.5, 0.6) is 5.75 Å². The minimum atomic E-state index is -0.346. The Morgan fingerprint density at radius 3 is 2.44 bits per heavy atom. The molecule has 0 aliphatic carbocycles. The molecule has 0 bridgehead atoms. The van der Waals surface area contributed by atoms with Crippen LogP contribution in [0.15, 0.2) is 53.5 Å². The summed E-state index contributed by atoms with van der Waals surface area (Å²) in [7, 11) is 1.63. The molecule has 0 saturated heterocycles. The summed E-state index contributed by atoms with van der Waals surface area (Å²) in [6, 6.07) is 13.3. The van der Waals surface area contributed by atoms with Crippen molar-refractivity contribution in [2.45, 2.75) is 25.7 Å². The van der Waals surface area contributed by atoms with Gasteiger partial charge in [-0.1, -0.05) is 6.42 Å². The number of Topliss-reactive ketones (excluding diaryl/α,β-unsaturated/α-hetero) is 1. The molecule has 0 radical (unpaired) electrons. The Bertz CT molecular complexity index is 776. The second-order valence-electron chi connectivity index (χ2n) is 6.32. The first-order chi connectivity index (χ1) is 12.7. The van der Waals surface area contributed by atoms with Crippen molar-refractivity contribution >= 4 is 34.3 Å². The van der Waals surface area contributed by atoms with Crippen LogP contribution in [0.4, 0.5) is 10.1 Å². The lowest BCUT2D eigenvalue weighted by Gasteiger charge is -2.26. The number of carbonyl (C=O) groups excluding carboxylic acids is 1. The van der Waals surface area contributed by atoms with Crippen molar-refractivity contribution < 1.29 is 13.9 Å². The van der Waals surface area contributed by atoms with Crippen LogP contribution in [0.3, 0.4) is 0 Å². The Morgan fingerprint density at radius 2 is 1.78 bits per heavy atom. The fourth-order valence-electron chi connectivity index (χ4n) is 3.04. The van der Waals surface area contributed by atoms with Crippen LogP contribution in [-0.4, -0.2) is 31.8 Å². The summed E-state index contributed by atoms with van der Waals surface area (Å²) in [5.74, 6) is 1.29. The number of hydrogen-bond donors (Lipinski definition) is 0. The third kappa shape index (κ3) is 5.63. The number of halogens is 2. The molecule has 0 fully saturated rings. The average molecular weight is 435 g/mol. The monoisotopic (exact) mass is 434 g/mol. The number of benzene rings is 2. The maximum atomic E-state index is 13.1. The van der Waals surface area contributed by atoms with Crippen molar-refractivity contribution in [2.75, 3.05) is 25.1 Å². The highest BCUT2D eigenvalue weighted by Gasteiger charge is 2.19. The third-order valence-corrected chi connectivity index (χ3v) is 4.52. The van der Waals surface area contributed by atoms with E-state index >= 15 is 0 Å². The van der Waals surface area contributed by atoms with Gasteiger partial charge >= 0.3 is 0 Å². The predicted molar refractivity (Wildman–Crippen MR) is 112 cm³/mol. The van der Waals surface area contributed by atoms with Gasteiger partial charge in [-0.15, -0.1) is 17.0 Å². The lowest BCUT2D eigenvalue weighted by Crippen LogP contribution is -2.36. The van der Waals surface area contributed by atoms with Crippen LogP contribution in [-0.2, 0) is 0 Å². The van der Waals surface area contributed by atoms with Gasteiger partial charge in [0, 0.05) is 24.2 Å². The van der Waals surface area contributed by atoms with Crippen LogP contribution in [0.1, 0.15) is 36.0 Å². The molecule has 1 aliphatic rings. The molecule has 0 spiro atoms. The van der Waals surface area contributed by atoms with Crippen molar-refractivity contribution in [3.63, 3.8) is 0 Å². The van der Waals surface area contributed by atoms with Gasteiger partial charge < -0.3 is 9.64 Å². The topological polar surface area (TPSA) is 41.9 Å². The summed E-state index contributed by atoms with van der Waals surface area (Å²) in [5, 5.41) is 0. The van der Waals surface area contributed by atoms with E-state index in [0.29, 0.717) is 5.56 Å². The Balaban J connectivity index is 0.00000261. The van der Waals surface area contributed by atoms with Gasteiger partial charge in [0.1, 0.15) is 17.4 Å². The Hall–Kier alpha value is -2.21. The van der Waals surface area contributed by atoms with Crippen LogP contribution in [0.25, 0.3) is 0 Å². The van der Waals surface area contributed by atoms with Gasteiger partial charge in [0.2, 0.25) is 0 Å². The summed E-state index contributed by atoms with van der Waals surface area (Å²) in [4.78, 5) is 19.4. The van der Waals surface area contributed by atoms with E-state index < -0.39 is 0 Å². The van der Waals surface area contributed by atoms with Gasteiger partial charge in [-0.3, -0.25) is 9.79 Å². The number of ether oxygens (including phenoxy) is 1. The van der Waals surface area contributed by atoms with Crippen LogP contribution in [0, 0.1) is 5.82 Å². The number of carbonyl (C=O) groups is 1. The largest absolute Gasteiger partial charge is 0.497 e. The molecular weight excluding hydrogens is 411 g/mol. The van der Waals surface area contributed by atoms with Crippen LogP contribution >= 0.6 is 17.0 Å². The van der Waals surface area contributed by atoms with Gasteiger partial charge in [0.25, 0.3) is 0 Å². The molecular formula is C21H24BrFN2O2. The number of ketones is 1. The summed E-state index contributed by atoms with van der Waals surface area (Å²) in [6.45, 7) is 0.962. The SMILES string of the molecule is Br.COc1ccc(N(CC(=O)c2ccc(F)cc2)C2=NCCCCC2)cc1. The highest BCUT2D eigenvalue weighted by molar-refractivity contribution is 8.93. The zero-order valence-electron chi connectivity index (χ0n) is 15.4. The predicted octanol–water partition coefficient (Wildman–Crippen LogP) is 5.07. The van der Waals surface area contributed by atoms with Gasteiger partial charge in [0.05, 0.1) is 13.7 Å². The first-order valence-electron chi connectivity index (χ1n) is 8.91. The quantitative estimate of drug-likeness (QED) is 0.616.